The fourth-order valence-electron chi connectivity index (χ4n) is 1.81. The number of carbonyl (C=O) groups excluding carboxylic acids is 1. The van der Waals surface area contributed by atoms with E-state index in [1.54, 1.807) is 19.1 Å². The molecule has 0 bridgehead atoms. The molecule has 7 nitrogen and oxygen atoms in total. The molecule has 0 heterocycles. The van der Waals surface area contributed by atoms with E-state index in [1.165, 1.54) is 7.05 Å². The number of likely N-dealkylation sites (N-methyl/N-ethyl adjacent to an activating group) is 1. The van der Waals surface area contributed by atoms with Crippen LogP contribution in [-0.2, 0) is 4.79 Å². The van der Waals surface area contributed by atoms with Gasteiger partial charge in [-0.05, 0) is 19.1 Å². The van der Waals surface area contributed by atoms with Crippen molar-refractivity contribution in [3.63, 3.8) is 0 Å². The predicted molar refractivity (Wildman–Crippen MR) is 94.7 cm³/mol. The van der Waals surface area contributed by atoms with Gasteiger partial charge in [-0.1, -0.05) is 23.4 Å². The molecule has 0 aliphatic carbocycles. The number of aliphatic hydroxyl groups excluding tert-OH is 2. The molecule has 0 aromatic heterocycles. The third-order valence-electron chi connectivity index (χ3n) is 3.31. The zero-order chi connectivity index (χ0) is 19.9. The molecule has 3 N–H and O–H groups in total. The van der Waals surface area contributed by atoms with Gasteiger partial charge in [0.25, 0.3) is 5.91 Å². The maximum atomic E-state index is 12.4. The Kier molecular flexibility index (Phi) is 7.50. The van der Waals surface area contributed by atoms with Crippen molar-refractivity contribution in [1.82, 2.24) is 4.90 Å². The Balaban J connectivity index is 3.21. The number of phenols is 1. The second kappa shape index (κ2) is 9.34. The number of phenolic OH excluding ortho intramolecular Hbond substituents is 1. The lowest BCUT2D eigenvalue weighted by atomic mass is 10.0. The Morgan fingerprint density at radius 1 is 1.38 bits per heavy atom. The van der Waals surface area contributed by atoms with Crippen LogP contribution in [-0.4, -0.2) is 46.3 Å². The molecule has 0 saturated heterocycles. The molecule has 0 saturated carbocycles. The van der Waals surface area contributed by atoms with Crippen LogP contribution in [0.25, 0.3) is 5.76 Å². The third-order valence-corrected chi connectivity index (χ3v) is 3.59. The Hall–Kier alpha value is -3.18. The standard InChI is InChI=1S/C18H16ClN3O4/c1-11(10-23)4-3-5-22(2)18(26)14(9-21)16(24)12-6-13(8-20)17(25)15(19)7-12/h6-7,11,23-25H,5,10H2,1-2H3/b16-14-. The van der Waals surface area contributed by atoms with Crippen LogP contribution in [0, 0.1) is 40.4 Å². The number of hydrogen-bond donors (Lipinski definition) is 3. The quantitative estimate of drug-likeness (QED) is 0.319. The molecule has 0 fully saturated rings. The lowest BCUT2D eigenvalue weighted by Crippen LogP contribution is -2.28. The van der Waals surface area contributed by atoms with E-state index in [2.05, 4.69) is 11.8 Å². The van der Waals surface area contributed by atoms with E-state index >= 15 is 0 Å². The Morgan fingerprint density at radius 3 is 2.58 bits per heavy atom. The molecule has 1 aromatic rings. The molecule has 1 aromatic carbocycles. The maximum Gasteiger partial charge on any atom is 0.268 e. The molecule has 0 aliphatic rings. The van der Waals surface area contributed by atoms with Gasteiger partial charge in [0.1, 0.15) is 17.9 Å². The van der Waals surface area contributed by atoms with Crippen molar-refractivity contribution in [2.75, 3.05) is 20.2 Å². The van der Waals surface area contributed by atoms with E-state index in [0.29, 0.717) is 0 Å². The molecule has 0 spiro atoms. The van der Waals surface area contributed by atoms with Crippen molar-refractivity contribution < 1.29 is 20.1 Å². The first-order chi connectivity index (χ1) is 12.3. The molecule has 26 heavy (non-hydrogen) atoms. The summed E-state index contributed by atoms with van der Waals surface area (Å²) in [4.78, 5) is 13.5. The molecule has 0 radical (unpaired) electrons. The molecular formula is C18H16ClN3O4. The predicted octanol–water partition coefficient (Wildman–Crippen LogP) is 1.80. The highest BCUT2D eigenvalue weighted by molar-refractivity contribution is 6.32. The number of nitrogens with zero attached hydrogens (tertiary/aromatic N) is 3. The number of halogens is 1. The van der Waals surface area contributed by atoms with Crippen LogP contribution in [0.5, 0.6) is 5.75 Å². The van der Waals surface area contributed by atoms with Crippen LogP contribution in [0.2, 0.25) is 5.02 Å². The highest BCUT2D eigenvalue weighted by Gasteiger charge is 2.21. The third kappa shape index (κ3) is 4.91. The highest BCUT2D eigenvalue weighted by Crippen LogP contribution is 2.31. The topological polar surface area (TPSA) is 129 Å². The average molecular weight is 374 g/mol. The highest BCUT2D eigenvalue weighted by atomic mass is 35.5. The summed E-state index contributed by atoms with van der Waals surface area (Å²) in [6.07, 6.45) is 0. The van der Waals surface area contributed by atoms with Gasteiger partial charge in [0.2, 0.25) is 0 Å². The second-order valence-electron chi connectivity index (χ2n) is 5.37. The number of hydrogen-bond acceptors (Lipinski definition) is 6. The van der Waals surface area contributed by atoms with E-state index in [9.17, 15) is 20.3 Å². The van der Waals surface area contributed by atoms with Crippen LogP contribution in [0.4, 0.5) is 0 Å². The first-order valence-electron chi connectivity index (χ1n) is 7.37. The van der Waals surface area contributed by atoms with E-state index in [1.807, 2.05) is 0 Å². The van der Waals surface area contributed by atoms with Crippen LogP contribution < -0.4 is 0 Å². The molecule has 134 valence electrons. The van der Waals surface area contributed by atoms with Crippen molar-refractivity contribution in [3.05, 3.63) is 33.9 Å². The van der Waals surface area contributed by atoms with Gasteiger partial charge < -0.3 is 20.2 Å². The van der Waals surface area contributed by atoms with Crippen molar-refractivity contribution in [2.24, 2.45) is 5.92 Å². The smallest absolute Gasteiger partial charge is 0.268 e. The van der Waals surface area contributed by atoms with Crippen molar-refractivity contribution in [1.29, 1.82) is 10.5 Å². The fourth-order valence-corrected chi connectivity index (χ4v) is 2.03. The first-order valence-corrected chi connectivity index (χ1v) is 7.75. The van der Waals surface area contributed by atoms with Crippen molar-refractivity contribution in [2.45, 2.75) is 6.92 Å². The summed E-state index contributed by atoms with van der Waals surface area (Å²) >= 11 is 5.79. The fraction of sp³-hybridized carbons (Fsp3) is 0.278. The van der Waals surface area contributed by atoms with Gasteiger partial charge >= 0.3 is 0 Å². The van der Waals surface area contributed by atoms with Crippen LogP contribution in [0.3, 0.4) is 0 Å². The second-order valence-corrected chi connectivity index (χ2v) is 5.77. The lowest BCUT2D eigenvalue weighted by Gasteiger charge is -2.14. The van der Waals surface area contributed by atoms with Gasteiger partial charge in [-0.3, -0.25) is 4.79 Å². The maximum absolute atomic E-state index is 12.4. The summed E-state index contributed by atoms with van der Waals surface area (Å²) in [6.45, 7) is 1.58. The van der Waals surface area contributed by atoms with Gasteiger partial charge in [0.15, 0.2) is 11.3 Å². The van der Waals surface area contributed by atoms with Gasteiger partial charge in [-0.15, -0.1) is 0 Å². The number of aromatic hydroxyl groups is 1. The van der Waals surface area contributed by atoms with Crippen LogP contribution >= 0.6 is 11.6 Å². The molecule has 1 rings (SSSR count). The Bertz CT molecular complexity index is 885. The van der Waals surface area contributed by atoms with Gasteiger partial charge in [0.05, 0.1) is 23.7 Å². The summed E-state index contributed by atoms with van der Waals surface area (Å²) in [7, 11) is 1.40. The molecule has 1 amide bonds. The zero-order valence-electron chi connectivity index (χ0n) is 14.1. The Labute approximate surface area is 156 Å². The summed E-state index contributed by atoms with van der Waals surface area (Å²) < 4.78 is 0. The largest absolute Gasteiger partial charge is 0.506 e. The average Bonchev–Trinajstić information content (AvgIpc) is 2.63. The molecule has 1 unspecified atom stereocenters. The normalized spacial score (nSPS) is 11.9. The van der Waals surface area contributed by atoms with Gasteiger partial charge in [-0.25, -0.2) is 0 Å². The van der Waals surface area contributed by atoms with Crippen molar-refractivity contribution >= 4 is 23.3 Å². The SMILES string of the molecule is CC(C#CCN(C)C(=O)/C(C#N)=C(\O)c1cc(Cl)c(O)c(C#N)c1)CO. The van der Waals surface area contributed by atoms with Crippen LogP contribution in [0.15, 0.2) is 17.7 Å². The number of amides is 1. The number of benzene rings is 1. The van der Waals surface area contributed by atoms with Gasteiger partial charge in [-0.2, -0.15) is 10.5 Å². The molecule has 0 aliphatic heterocycles. The van der Waals surface area contributed by atoms with E-state index in [4.69, 9.17) is 22.0 Å². The monoisotopic (exact) mass is 373 g/mol. The lowest BCUT2D eigenvalue weighted by molar-refractivity contribution is -0.124. The van der Waals surface area contributed by atoms with Crippen molar-refractivity contribution in [3.8, 4) is 29.7 Å². The van der Waals surface area contributed by atoms with Crippen LogP contribution in [0.1, 0.15) is 18.1 Å². The molecular weight excluding hydrogens is 358 g/mol. The summed E-state index contributed by atoms with van der Waals surface area (Å²) in [5.41, 5.74) is -0.821. The minimum Gasteiger partial charge on any atom is -0.506 e. The molecule has 1 atom stereocenters. The van der Waals surface area contributed by atoms with Gasteiger partial charge in [0, 0.05) is 18.5 Å². The minimum atomic E-state index is -0.779. The minimum absolute atomic E-state index is 0.0125. The van der Waals surface area contributed by atoms with E-state index in [0.717, 1.165) is 17.0 Å². The number of carbonyl (C=O) groups is 1. The summed E-state index contributed by atoms with van der Waals surface area (Å²) in [5, 5.41) is 46.8. The number of nitriles is 2. The Morgan fingerprint density at radius 2 is 2.04 bits per heavy atom. The molecule has 8 heteroatoms. The summed E-state index contributed by atoms with van der Waals surface area (Å²) in [5.74, 6) is 3.27. The number of rotatable bonds is 4. The zero-order valence-corrected chi connectivity index (χ0v) is 14.9. The first kappa shape index (κ1) is 20.9. The van der Waals surface area contributed by atoms with E-state index in [-0.39, 0.29) is 35.2 Å². The summed E-state index contributed by atoms with van der Waals surface area (Å²) in [6, 6.07) is 5.58. The number of aliphatic hydroxyl groups is 2. The van der Waals surface area contributed by atoms with E-state index < -0.39 is 23.0 Å².